The van der Waals surface area contributed by atoms with Gasteiger partial charge in [0.15, 0.2) is 5.41 Å². The summed E-state index contributed by atoms with van der Waals surface area (Å²) in [5.74, 6) is -0.345. The van der Waals surface area contributed by atoms with Crippen LogP contribution < -0.4 is 0 Å². The van der Waals surface area contributed by atoms with Gasteiger partial charge < -0.3 is 4.74 Å². The predicted octanol–water partition coefficient (Wildman–Crippen LogP) is 3.05. The molecule has 0 aromatic rings. The lowest BCUT2D eigenvalue weighted by Gasteiger charge is -2.23. The Bertz CT molecular complexity index is 232. The Hall–Kier alpha value is -1.04. The Kier molecular flexibility index (Phi) is 6.77. The maximum Gasteiger partial charge on any atom is 0.326 e. The van der Waals surface area contributed by atoms with Gasteiger partial charge in [0, 0.05) is 0 Å². The molecule has 1 atom stereocenters. The summed E-state index contributed by atoms with van der Waals surface area (Å²) in [5.41, 5.74) is -0.902. The van der Waals surface area contributed by atoms with Crippen LogP contribution in [-0.2, 0) is 9.53 Å². The molecule has 0 aromatic heterocycles. The normalized spacial score (nSPS) is 14.0. The van der Waals surface area contributed by atoms with Crippen LogP contribution in [-0.4, -0.2) is 12.6 Å². The van der Waals surface area contributed by atoms with Gasteiger partial charge in [0.05, 0.1) is 12.7 Å². The fourth-order valence-electron chi connectivity index (χ4n) is 1.66. The van der Waals surface area contributed by atoms with E-state index in [-0.39, 0.29) is 5.97 Å². The number of hydrogen-bond donors (Lipinski definition) is 0. The van der Waals surface area contributed by atoms with Crippen LogP contribution >= 0.6 is 0 Å². The van der Waals surface area contributed by atoms with Crippen LogP contribution in [0.1, 0.15) is 52.9 Å². The minimum atomic E-state index is -0.902. The van der Waals surface area contributed by atoms with Crippen LogP contribution in [0.5, 0.6) is 0 Å². The number of carbonyl (C=O) groups is 1. The van der Waals surface area contributed by atoms with E-state index in [4.69, 9.17) is 4.74 Å². The van der Waals surface area contributed by atoms with Crippen molar-refractivity contribution in [3.8, 4) is 6.07 Å². The van der Waals surface area contributed by atoms with E-state index in [1.807, 2.05) is 6.92 Å². The van der Waals surface area contributed by atoms with Gasteiger partial charge in [0.25, 0.3) is 0 Å². The van der Waals surface area contributed by atoms with E-state index in [1.54, 1.807) is 6.92 Å². The first-order valence-corrected chi connectivity index (χ1v) is 5.75. The molecule has 0 N–H and O–H groups in total. The molecule has 15 heavy (non-hydrogen) atoms. The molecule has 0 saturated heterocycles. The molecule has 0 rings (SSSR count). The fourth-order valence-corrected chi connectivity index (χ4v) is 1.66. The third kappa shape index (κ3) is 3.91. The zero-order valence-corrected chi connectivity index (χ0v) is 10.0. The molecule has 0 aromatic carbocycles. The molecule has 0 amide bonds. The Morgan fingerprint density at radius 1 is 1.27 bits per heavy atom. The third-order valence-electron chi connectivity index (χ3n) is 2.51. The Balaban J connectivity index is 4.64. The van der Waals surface area contributed by atoms with Crippen molar-refractivity contribution in [2.45, 2.75) is 52.9 Å². The van der Waals surface area contributed by atoms with Crippen molar-refractivity contribution in [1.82, 2.24) is 0 Å². The van der Waals surface area contributed by atoms with Crippen LogP contribution in [0.3, 0.4) is 0 Å². The number of nitriles is 1. The molecule has 1 unspecified atom stereocenters. The van der Waals surface area contributed by atoms with Gasteiger partial charge >= 0.3 is 5.97 Å². The molecule has 0 radical (unpaired) electrons. The van der Waals surface area contributed by atoms with Crippen LogP contribution in [0.2, 0.25) is 0 Å². The number of nitrogens with zero attached hydrogens (tertiary/aromatic N) is 1. The third-order valence-corrected chi connectivity index (χ3v) is 2.51. The Labute approximate surface area is 92.4 Å². The molecule has 3 heteroatoms. The molecular weight excluding hydrogens is 190 g/mol. The first kappa shape index (κ1) is 14.0. The second-order valence-corrected chi connectivity index (χ2v) is 3.77. The summed E-state index contributed by atoms with van der Waals surface area (Å²) in [6.07, 6.45) is 3.93. The van der Waals surface area contributed by atoms with Crippen LogP contribution in [0.25, 0.3) is 0 Å². The lowest BCUT2D eigenvalue weighted by Crippen LogP contribution is -2.31. The summed E-state index contributed by atoms with van der Waals surface area (Å²) in [6, 6.07) is 2.16. The Morgan fingerprint density at radius 2 is 1.93 bits per heavy atom. The quantitative estimate of drug-likeness (QED) is 0.608. The second-order valence-electron chi connectivity index (χ2n) is 3.77. The molecule has 86 valence electrons. The molecule has 0 fully saturated rings. The van der Waals surface area contributed by atoms with Gasteiger partial charge in [-0.1, -0.05) is 33.1 Å². The molecule has 0 aliphatic rings. The van der Waals surface area contributed by atoms with E-state index >= 15 is 0 Å². The minimum Gasteiger partial charge on any atom is -0.465 e. The average molecular weight is 211 g/mol. The number of unbranched alkanes of at least 4 members (excludes halogenated alkanes) is 1. The van der Waals surface area contributed by atoms with Crippen molar-refractivity contribution in [2.75, 3.05) is 6.61 Å². The summed E-state index contributed by atoms with van der Waals surface area (Å²) in [4.78, 5) is 11.7. The lowest BCUT2D eigenvalue weighted by atomic mass is 9.80. The highest BCUT2D eigenvalue weighted by Gasteiger charge is 2.38. The first-order chi connectivity index (χ1) is 7.16. The standard InChI is InChI=1S/C12H21NO2/c1-4-7-9-12(10-13,8-5-2)11(14)15-6-3/h4-9H2,1-3H3. The molecule has 0 aliphatic carbocycles. The van der Waals surface area contributed by atoms with E-state index < -0.39 is 5.41 Å². The van der Waals surface area contributed by atoms with Gasteiger partial charge in [0.1, 0.15) is 0 Å². The number of hydrogen-bond acceptors (Lipinski definition) is 3. The van der Waals surface area contributed by atoms with Gasteiger partial charge in [-0.05, 0) is 19.8 Å². The molecule has 0 saturated carbocycles. The summed E-state index contributed by atoms with van der Waals surface area (Å²) in [7, 11) is 0. The van der Waals surface area contributed by atoms with Crippen LogP contribution in [0.15, 0.2) is 0 Å². The van der Waals surface area contributed by atoms with Crippen LogP contribution in [0.4, 0.5) is 0 Å². The zero-order chi connectivity index (χ0) is 11.7. The predicted molar refractivity (Wildman–Crippen MR) is 59.1 cm³/mol. The maximum absolute atomic E-state index is 11.7. The molecule has 0 bridgehead atoms. The highest BCUT2D eigenvalue weighted by molar-refractivity contribution is 5.79. The SMILES string of the molecule is CCCCC(C#N)(CCC)C(=O)OCC. The summed E-state index contributed by atoms with van der Waals surface area (Å²) >= 11 is 0. The van der Waals surface area contributed by atoms with Gasteiger partial charge in [-0.15, -0.1) is 0 Å². The summed E-state index contributed by atoms with van der Waals surface area (Å²) in [5, 5.41) is 9.18. The molecule has 0 spiro atoms. The van der Waals surface area contributed by atoms with Crippen molar-refractivity contribution in [1.29, 1.82) is 5.26 Å². The average Bonchev–Trinajstić information content (AvgIpc) is 2.24. The van der Waals surface area contributed by atoms with Gasteiger partial charge in [-0.3, -0.25) is 4.79 Å². The largest absolute Gasteiger partial charge is 0.465 e. The smallest absolute Gasteiger partial charge is 0.326 e. The molecular formula is C12H21NO2. The first-order valence-electron chi connectivity index (χ1n) is 5.75. The van der Waals surface area contributed by atoms with E-state index in [2.05, 4.69) is 13.0 Å². The molecule has 0 heterocycles. The molecule has 3 nitrogen and oxygen atoms in total. The number of ether oxygens (including phenoxy) is 1. The van der Waals surface area contributed by atoms with Gasteiger partial charge in [-0.25, -0.2) is 0 Å². The van der Waals surface area contributed by atoms with E-state index in [0.717, 1.165) is 19.3 Å². The van der Waals surface area contributed by atoms with Gasteiger partial charge in [-0.2, -0.15) is 5.26 Å². The molecule has 0 aliphatic heterocycles. The van der Waals surface area contributed by atoms with Crippen molar-refractivity contribution in [3.05, 3.63) is 0 Å². The summed E-state index contributed by atoms with van der Waals surface area (Å²) < 4.78 is 4.99. The van der Waals surface area contributed by atoms with E-state index in [9.17, 15) is 10.1 Å². The highest BCUT2D eigenvalue weighted by Crippen LogP contribution is 2.31. The fraction of sp³-hybridized carbons (Fsp3) is 0.833. The van der Waals surface area contributed by atoms with Crippen molar-refractivity contribution in [2.24, 2.45) is 5.41 Å². The van der Waals surface area contributed by atoms with E-state index in [0.29, 0.717) is 19.4 Å². The zero-order valence-electron chi connectivity index (χ0n) is 10.0. The number of rotatable bonds is 7. The highest BCUT2D eigenvalue weighted by atomic mass is 16.5. The number of carbonyl (C=O) groups excluding carboxylic acids is 1. The Morgan fingerprint density at radius 3 is 2.33 bits per heavy atom. The number of esters is 1. The van der Waals surface area contributed by atoms with Gasteiger partial charge in [0.2, 0.25) is 0 Å². The topological polar surface area (TPSA) is 50.1 Å². The van der Waals surface area contributed by atoms with Crippen molar-refractivity contribution in [3.63, 3.8) is 0 Å². The monoisotopic (exact) mass is 211 g/mol. The lowest BCUT2D eigenvalue weighted by molar-refractivity contribution is -0.152. The van der Waals surface area contributed by atoms with E-state index in [1.165, 1.54) is 0 Å². The van der Waals surface area contributed by atoms with Crippen LogP contribution in [0, 0.1) is 16.7 Å². The summed E-state index contributed by atoms with van der Waals surface area (Å²) in [6.45, 7) is 6.15. The van der Waals surface area contributed by atoms with Crippen molar-refractivity contribution < 1.29 is 9.53 Å². The second kappa shape index (κ2) is 7.28. The van der Waals surface area contributed by atoms with Crippen molar-refractivity contribution >= 4 is 5.97 Å². The minimum absolute atomic E-state index is 0.345. The maximum atomic E-state index is 11.7.